The van der Waals surface area contributed by atoms with Gasteiger partial charge in [0, 0.05) is 10.5 Å². The zero-order valence-corrected chi connectivity index (χ0v) is 14.3. The van der Waals surface area contributed by atoms with Gasteiger partial charge in [-0.05, 0) is 63.7 Å². The van der Waals surface area contributed by atoms with Gasteiger partial charge in [0.2, 0.25) is 0 Å². The van der Waals surface area contributed by atoms with Crippen LogP contribution in [-0.4, -0.2) is 28.6 Å². The Labute approximate surface area is 134 Å². The van der Waals surface area contributed by atoms with Crippen LogP contribution in [0.25, 0.3) is 5.69 Å². The summed E-state index contributed by atoms with van der Waals surface area (Å²) in [5.41, 5.74) is 7.35. The molecule has 2 rings (SSSR count). The van der Waals surface area contributed by atoms with Crippen LogP contribution in [0.5, 0.6) is 5.75 Å². The smallest absolute Gasteiger partial charge is 0.135 e. The molecule has 0 saturated carbocycles. The Morgan fingerprint density at radius 1 is 1.25 bits per heavy atom. The highest BCUT2D eigenvalue weighted by Crippen LogP contribution is 2.33. The third kappa shape index (κ3) is 3.59. The third-order valence-corrected chi connectivity index (χ3v) is 4.15. The van der Waals surface area contributed by atoms with Gasteiger partial charge in [-0.2, -0.15) is 0 Å². The summed E-state index contributed by atoms with van der Waals surface area (Å²) < 4.78 is 8.86. The zero-order valence-electron chi connectivity index (χ0n) is 11.1. The van der Waals surface area contributed by atoms with Gasteiger partial charge in [-0.15, -0.1) is 5.10 Å². The zero-order chi connectivity index (χ0) is 14.5. The Kier molecular flexibility index (Phi) is 5.56. The molecule has 5 nitrogen and oxygen atoms in total. The van der Waals surface area contributed by atoms with Crippen molar-refractivity contribution < 1.29 is 4.74 Å². The monoisotopic (exact) mass is 402 g/mol. The average Bonchev–Trinajstić information content (AvgIpc) is 2.88. The predicted octanol–water partition coefficient (Wildman–Crippen LogP) is 3.08. The third-order valence-electron chi connectivity index (χ3n) is 2.90. The maximum atomic E-state index is 5.49. The van der Waals surface area contributed by atoms with E-state index in [1.807, 2.05) is 18.3 Å². The number of halogens is 2. The number of hydrogen-bond donors (Lipinski definition) is 1. The first-order chi connectivity index (χ1) is 9.65. The van der Waals surface area contributed by atoms with Crippen molar-refractivity contribution >= 4 is 31.9 Å². The summed E-state index contributed by atoms with van der Waals surface area (Å²) >= 11 is 6.98. The minimum absolute atomic E-state index is 0.712. The summed E-state index contributed by atoms with van der Waals surface area (Å²) in [6, 6.07) is 3.84. The Bertz CT molecular complexity index is 586. The van der Waals surface area contributed by atoms with E-state index in [0.29, 0.717) is 6.54 Å². The quantitative estimate of drug-likeness (QED) is 0.752. The fourth-order valence-corrected chi connectivity index (χ4v) is 3.17. The van der Waals surface area contributed by atoms with Gasteiger partial charge >= 0.3 is 0 Å². The topological polar surface area (TPSA) is 66.0 Å². The van der Waals surface area contributed by atoms with E-state index in [0.717, 1.165) is 45.3 Å². The van der Waals surface area contributed by atoms with Crippen LogP contribution in [0, 0.1) is 0 Å². The van der Waals surface area contributed by atoms with Crippen molar-refractivity contribution in [2.75, 3.05) is 13.7 Å². The lowest BCUT2D eigenvalue weighted by atomic mass is 10.2. The fraction of sp³-hybridized carbons (Fsp3) is 0.385. The maximum absolute atomic E-state index is 5.49. The second kappa shape index (κ2) is 7.19. The van der Waals surface area contributed by atoms with Crippen LogP contribution in [0.3, 0.4) is 0 Å². The molecule has 2 N–H and O–H groups in total. The minimum Gasteiger partial charge on any atom is -0.495 e. The molecule has 1 heterocycles. The van der Waals surface area contributed by atoms with Crippen molar-refractivity contribution in [3.05, 3.63) is 33.0 Å². The predicted molar refractivity (Wildman–Crippen MR) is 85.3 cm³/mol. The first kappa shape index (κ1) is 15.5. The van der Waals surface area contributed by atoms with E-state index in [1.165, 1.54) is 0 Å². The standard InChI is InChI=1S/C13H16Br2N4O/c1-20-13-7-12(10(14)6-11(13)15)19-8-9(17-18-19)4-2-3-5-16/h6-8H,2-5,16H2,1H3. The van der Waals surface area contributed by atoms with E-state index in [9.17, 15) is 0 Å². The van der Waals surface area contributed by atoms with Crippen molar-refractivity contribution in [1.29, 1.82) is 0 Å². The van der Waals surface area contributed by atoms with Crippen molar-refractivity contribution in [2.45, 2.75) is 19.3 Å². The van der Waals surface area contributed by atoms with E-state index in [1.54, 1.807) is 11.8 Å². The van der Waals surface area contributed by atoms with E-state index < -0.39 is 0 Å². The average molecular weight is 404 g/mol. The van der Waals surface area contributed by atoms with Crippen molar-refractivity contribution in [1.82, 2.24) is 15.0 Å². The van der Waals surface area contributed by atoms with Gasteiger partial charge in [-0.25, -0.2) is 4.68 Å². The number of aromatic nitrogens is 3. The molecule has 0 aliphatic heterocycles. The van der Waals surface area contributed by atoms with Crippen LogP contribution in [0.2, 0.25) is 0 Å². The molecule has 0 fully saturated rings. The van der Waals surface area contributed by atoms with Crippen molar-refractivity contribution in [3.8, 4) is 11.4 Å². The molecule has 0 aliphatic rings. The molecular formula is C13H16Br2N4O. The summed E-state index contributed by atoms with van der Waals surface area (Å²) in [5.74, 6) is 0.753. The Morgan fingerprint density at radius 3 is 2.75 bits per heavy atom. The number of hydrogen-bond acceptors (Lipinski definition) is 4. The number of benzene rings is 1. The summed E-state index contributed by atoms with van der Waals surface area (Å²) in [5, 5.41) is 8.35. The molecule has 0 unspecified atom stereocenters. The Hall–Kier alpha value is -0.920. The van der Waals surface area contributed by atoms with E-state index in [4.69, 9.17) is 10.5 Å². The number of rotatable bonds is 6. The number of nitrogens with two attached hydrogens (primary N) is 1. The van der Waals surface area contributed by atoms with Gasteiger partial charge in [-0.3, -0.25) is 0 Å². The largest absolute Gasteiger partial charge is 0.495 e. The fourth-order valence-electron chi connectivity index (χ4n) is 1.83. The van der Waals surface area contributed by atoms with E-state index in [-0.39, 0.29) is 0 Å². The summed E-state index contributed by atoms with van der Waals surface area (Å²) in [6.45, 7) is 0.712. The first-order valence-corrected chi connectivity index (χ1v) is 7.89. The van der Waals surface area contributed by atoms with Gasteiger partial charge < -0.3 is 10.5 Å². The van der Waals surface area contributed by atoms with Crippen LogP contribution >= 0.6 is 31.9 Å². The number of unbranched alkanes of at least 4 members (excludes halogenated alkanes) is 1. The molecule has 1 aromatic carbocycles. The molecule has 108 valence electrons. The lowest BCUT2D eigenvalue weighted by Gasteiger charge is -2.08. The number of methoxy groups -OCH3 is 1. The Balaban J connectivity index is 2.23. The molecule has 0 aliphatic carbocycles. The molecule has 7 heteroatoms. The van der Waals surface area contributed by atoms with Gasteiger partial charge in [0.15, 0.2) is 0 Å². The highest BCUT2D eigenvalue weighted by atomic mass is 79.9. The van der Waals surface area contributed by atoms with Gasteiger partial charge in [0.25, 0.3) is 0 Å². The van der Waals surface area contributed by atoms with Crippen molar-refractivity contribution in [3.63, 3.8) is 0 Å². The summed E-state index contributed by atoms with van der Waals surface area (Å²) in [7, 11) is 1.64. The highest BCUT2D eigenvalue weighted by molar-refractivity contribution is 9.11. The van der Waals surface area contributed by atoms with Crippen LogP contribution in [0.15, 0.2) is 27.3 Å². The summed E-state index contributed by atoms with van der Waals surface area (Å²) in [4.78, 5) is 0. The molecule has 0 atom stereocenters. The molecule has 2 aromatic rings. The molecule has 0 spiro atoms. The minimum atomic E-state index is 0.712. The normalized spacial score (nSPS) is 10.8. The number of ether oxygens (including phenoxy) is 1. The second-order valence-electron chi connectivity index (χ2n) is 4.34. The molecular weight excluding hydrogens is 388 g/mol. The number of nitrogens with zero attached hydrogens (tertiary/aromatic N) is 3. The lowest BCUT2D eigenvalue weighted by Crippen LogP contribution is -1.99. The molecule has 0 bridgehead atoms. The van der Waals surface area contributed by atoms with Gasteiger partial charge in [0.1, 0.15) is 5.75 Å². The highest BCUT2D eigenvalue weighted by Gasteiger charge is 2.11. The summed E-state index contributed by atoms with van der Waals surface area (Å²) in [6.07, 6.45) is 4.86. The number of aryl methyl sites for hydroxylation is 1. The molecule has 0 radical (unpaired) electrons. The van der Waals surface area contributed by atoms with Gasteiger partial charge in [-0.1, -0.05) is 5.21 Å². The first-order valence-electron chi connectivity index (χ1n) is 6.30. The maximum Gasteiger partial charge on any atom is 0.135 e. The molecule has 0 saturated heterocycles. The lowest BCUT2D eigenvalue weighted by molar-refractivity contribution is 0.411. The van der Waals surface area contributed by atoms with Crippen LogP contribution < -0.4 is 10.5 Å². The van der Waals surface area contributed by atoms with Crippen LogP contribution in [0.4, 0.5) is 0 Å². The van der Waals surface area contributed by atoms with E-state index in [2.05, 4.69) is 42.2 Å². The Morgan fingerprint density at radius 2 is 2.05 bits per heavy atom. The molecule has 20 heavy (non-hydrogen) atoms. The van der Waals surface area contributed by atoms with Crippen molar-refractivity contribution in [2.24, 2.45) is 5.73 Å². The van der Waals surface area contributed by atoms with E-state index >= 15 is 0 Å². The van der Waals surface area contributed by atoms with Gasteiger partial charge in [0.05, 0.1) is 29.2 Å². The van der Waals surface area contributed by atoms with Crippen LogP contribution in [-0.2, 0) is 6.42 Å². The molecule has 0 amide bonds. The second-order valence-corrected chi connectivity index (χ2v) is 6.05. The molecule has 1 aromatic heterocycles. The SMILES string of the molecule is COc1cc(-n2cc(CCCCN)nn2)c(Br)cc1Br. The van der Waals surface area contributed by atoms with Crippen LogP contribution in [0.1, 0.15) is 18.5 Å².